The lowest BCUT2D eigenvalue weighted by molar-refractivity contribution is 0.0948. The van der Waals surface area contributed by atoms with Crippen molar-refractivity contribution in [3.8, 4) is 17.2 Å². The van der Waals surface area contributed by atoms with Crippen molar-refractivity contribution in [2.45, 2.75) is 27.2 Å². The Hall–Kier alpha value is -3.35. The van der Waals surface area contributed by atoms with Crippen LogP contribution in [0.2, 0.25) is 0 Å². The van der Waals surface area contributed by atoms with Crippen molar-refractivity contribution in [2.24, 2.45) is 0 Å². The zero-order valence-electron chi connectivity index (χ0n) is 16.9. The average Bonchev–Trinajstić information content (AvgIpc) is 3.11. The predicted molar refractivity (Wildman–Crippen MR) is 109 cm³/mol. The second-order valence-electron chi connectivity index (χ2n) is 7.14. The average molecular weight is 392 g/mol. The van der Waals surface area contributed by atoms with Crippen LogP contribution in [-0.4, -0.2) is 40.7 Å². The summed E-state index contributed by atoms with van der Waals surface area (Å²) in [6.07, 6.45) is 0.777. The summed E-state index contributed by atoms with van der Waals surface area (Å²) in [5.41, 5.74) is 5.51. The van der Waals surface area contributed by atoms with Gasteiger partial charge in [-0.3, -0.25) is 4.79 Å². The van der Waals surface area contributed by atoms with E-state index in [9.17, 15) is 4.79 Å². The van der Waals surface area contributed by atoms with Gasteiger partial charge in [0.2, 0.25) is 0 Å². The first-order valence-corrected chi connectivity index (χ1v) is 9.70. The summed E-state index contributed by atoms with van der Waals surface area (Å²) in [5.74, 6) is 1.16. The molecular formula is C22H24N4O3. The Morgan fingerprint density at radius 3 is 2.55 bits per heavy atom. The van der Waals surface area contributed by atoms with Crippen LogP contribution in [0.25, 0.3) is 5.69 Å². The summed E-state index contributed by atoms with van der Waals surface area (Å²) >= 11 is 0. The Labute approximate surface area is 169 Å². The van der Waals surface area contributed by atoms with Gasteiger partial charge in [0.1, 0.15) is 13.2 Å². The molecule has 4 rings (SSSR count). The number of hydrogen-bond donors (Lipinski definition) is 1. The molecule has 1 aliphatic rings. The van der Waals surface area contributed by atoms with E-state index in [1.54, 1.807) is 4.68 Å². The minimum Gasteiger partial charge on any atom is -0.486 e. The number of carbonyl (C=O) groups is 1. The molecule has 1 amide bonds. The number of hydrogen-bond acceptors (Lipinski definition) is 5. The molecule has 0 saturated heterocycles. The van der Waals surface area contributed by atoms with Crippen molar-refractivity contribution in [1.82, 2.24) is 20.3 Å². The van der Waals surface area contributed by atoms with E-state index < -0.39 is 0 Å². The number of nitrogens with zero attached hydrogens (tertiary/aromatic N) is 3. The first-order valence-electron chi connectivity index (χ1n) is 9.70. The van der Waals surface area contributed by atoms with E-state index in [1.165, 1.54) is 16.7 Å². The fourth-order valence-corrected chi connectivity index (χ4v) is 3.58. The molecule has 2 heterocycles. The third-order valence-corrected chi connectivity index (χ3v) is 5.19. The Morgan fingerprint density at radius 2 is 1.79 bits per heavy atom. The highest BCUT2D eigenvalue weighted by Crippen LogP contribution is 2.32. The van der Waals surface area contributed by atoms with Crippen molar-refractivity contribution in [1.29, 1.82) is 0 Å². The van der Waals surface area contributed by atoms with Crippen LogP contribution >= 0.6 is 0 Å². The lowest BCUT2D eigenvalue weighted by Gasteiger charge is -2.18. The van der Waals surface area contributed by atoms with Crippen LogP contribution < -0.4 is 14.8 Å². The van der Waals surface area contributed by atoms with Gasteiger partial charge in [-0.2, -0.15) is 0 Å². The van der Waals surface area contributed by atoms with Crippen LogP contribution in [0, 0.1) is 20.8 Å². The molecule has 0 aliphatic carbocycles. The molecule has 3 aromatic rings. The number of aromatic nitrogens is 3. The molecule has 1 aromatic heterocycles. The number of benzene rings is 2. The van der Waals surface area contributed by atoms with Crippen molar-refractivity contribution >= 4 is 5.91 Å². The molecule has 0 spiro atoms. The number of nitrogens with one attached hydrogen (secondary N) is 1. The van der Waals surface area contributed by atoms with Gasteiger partial charge in [0.25, 0.3) is 5.91 Å². The van der Waals surface area contributed by atoms with E-state index >= 15 is 0 Å². The number of ether oxygens (including phenoxy) is 2. The molecule has 29 heavy (non-hydrogen) atoms. The monoisotopic (exact) mass is 392 g/mol. The van der Waals surface area contributed by atoms with E-state index in [1.807, 2.05) is 31.2 Å². The topological polar surface area (TPSA) is 78.3 Å². The highest BCUT2D eigenvalue weighted by Gasteiger charge is 2.19. The van der Waals surface area contributed by atoms with Crippen LogP contribution in [0.4, 0.5) is 0 Å². The SMILES string of the molecule is Cc1cccc(C)c1CCNC(=O)c1nnn(-c2ccc3c(c2)OCCO3)c1C. The maximum absolute atomic E-state index is 12.6. The van der Waals surface area contributed by atoms with Crippen molar-refractivity contribution in [3.63, 3.8) is 0 Å². The minimum absolute atomic E-state index is 0.225. The molecule has 2 aromatic carbocycles. The third-order valence-electron chi connectivity index (χ3n) is 5.19. The molecular weight excluding hydrogens is 368 g/mol. The number of aryl methyl sites for hydroxylation is 2. The Bertz CT molecular complexity index is 1040. The van der Waals surface area contributed by atoms with E-state index in [0.29, 0.717) is 42.6 Å². The van der Waals surface area contributed by atoms with Crippen LogP contribution in [0.5, 0.6) is 11.5 Å². The van der Waals surface area contributed by atoms with Crippen LogP contribution in [0.15, 0.2) is 36.4 Å². The smallest absolute Gasteiger partial charge is 0.273 e. The zero-order chi connectivity index (χ0) is 20.4. The second kappa shape index (κ2) is 7.95. The minimum atomic E-state index is -0.225. The quantitative estimate of drug-likeness (QED) is 0.722. The molecule has 0 radical (unpaired) electrons. The van der Waals surface area contributed by atoms with E-state index in [2.05, 4.69) is 41.6 Å². The third kappa shape index (κ3) is 3.81. The first kappa shape index (κ1) is 19.0. The maximum atomic E-state index is 12.6. The molecule has 7 heteroatoms. The van der Waals surface area contributed by atoms with E-state index in [-0.39, 0.29) is 5.91 Å². The van der Waals surface area contributed by atoms with Gasteiger partial charge >= 0.3 is 0 Å². The van der Waals surface area contributed by atoms with E-state index in [4.69, 9.17) is 9.47 Å². The van der Waals surface area contributed by atoms with Crippen molar-refractivity contribution in [3.05, 3.63) is 64.5 Å². The summed E-state index contributed by atoms with van der Waals surface area (Å²) < 4.78 is 12.8. The summed E-state index contributed by atoms with van der Waals surface area (Å²) in [5, 5.41) is 11.2. The van der Waals surface area contributed by atoms with Crippen molar-refractivity contribution < 1.29 is 14.3 Å². The number of carbonyl (C=O) groups excluding carboxylic acids is 1. The standard InChI is InChI=1S/C22H24N4O3/c1-14-5-4-6-15(2)18(14)9-10-23-22(27)21-16(3)26(25-24-21)17-7-8-19-20(13-17)29-12-11-28-19/h4-8,13H,9-12H2,1-3H3,(H,23,27). The van der Waals surface area contributed by atoms with Crippen LogP contribution in [-0.2, 0) is 6.42 Å². The molecule has 1 N–H and O–H groups in total. The van der Waals surface area contributed by atoms with Gasteiger partial charge in [0.05, 0.1) is 11.4 Å². The van der Waals surface area contributed by atoms with E-state index in [0.717, 1.165) is 12.1 Å². The summed E-state index contributed by atoms with van der Waals surface area (Å²) in [6.45, 7) is 7.61. The highest BCUT2D eigenvalue weighted by atomic mass is 16.6. The van der Waals surface area contributed by atoms with Crippen LogP contribution in [0.1, 0.15) is 32.9 Å². The number of rotatable bonds is 5. The van der Waals surface area contributed by atoms with Gasteiger partial charge in [-0.05, 0) is 56.0 Å². The molecule has 0 atom stereocenters. The van der Waals surface area contributed by atoms with Gasteiger partial charge in [-0.25, -0.2) is 4.68 Å². The largest absolute Gasteiger partial charge is 0.486 e. The van der Waals surface area contributed by atoms with Crippen LogP contribution in [0.3, 0.4) is 0 Å². The first-order chi connectivity index (χ1) is 14.0. The fourth-order valence-electron chi connectivity index (χ4n) is 3.58. The summed E-state index contributed by atoms with van der Waals surface area (Å²) in [4.78, 5) is 12.6. The molecule has 7 nitrogen and oxygen atoms in total. The zero-order valence-corrected chi connectivity index (χ0v) is 16.9. The van der Waals surface area contributed by atoms with Gasteiger partial charge in [-0.1, -0.05) is 23.4 Å². The number of amides is 1. The maximum Gasteiger partial charge on any atom is 0.273 e. The molecule has 0 unspecified atom stereocenters. The lowest BCUT2D eigenvalue weighted by Crippen LogP contribution is -2.27. The van der Waals surface area contributed by atoms with Gasteiger partial charge in [-0.15, -0.1) is 5.10 Å². The normalized spacial score (nSPS) is 12.7. The lowest BCUT2D eigenvalue weighted by atomic mass is 10.0. The van der Waals surface area contributed by atoms with Gasteiger partial charge < -0.3 is 14.8 Å². The Kier molecular flexibility index (Phi) is 5.20. The highest BCUT2D eigenvalue weighted by molar-refractivity contribution is 5.93. The number of fused-ring (bicyclic) bond motifs is 1. The predicted octanol–water partition coefficient (Wildman–Crippen LogP) is 2.94. The Morgan fingerprint density at radius 1 is 1.07 bits per heavy atom. The van der Waals surface area contributed by atoms with Crippen molar-refractivity contribution in [2.75, 3.05) is 19.8 Å². The Balaban J connectivity index is 1.46. The molecule has 150 valence electrons. The summed E-state index contributed by atoms with van der Waals surface area (Å²) in [7, 11) is 0. The summed E-state index contributed by atoms with van der Waals surface area (Å²) in [6, 6.07) is 11.8. The van der Waals surface area contributed by atoms with Gasteiger partial charge in [0.15, 0.2) is 17.2 Å². The van der Waals surface area contributed by atoms with Gasteiger partial charge in [0, 0.05) is 12.6 Å². The molecule has 0 fully saturated rings. The molecule has 0 bridgehead atoms. The fraction of sp³-hybridized carbons (Fsp3) is 0.318. The molecule has 0 saturated carbocycles. The second-order valence-corrected chi connectivity index (χ2v) is 7.14. The molecule has 1 aliphatic heterocycles.